The predicted octanol–water partition coefficient (Wildman–Crippen LogP) is 1.97. The summed E-state index contributed by atoms with van der Waals surface area (Å²) in [6, 6.07) is 3.62. The van der Waals surface area contributed by atoms with Crippen LogP contribution in [-0.4, -0.2) is 35.5 Å². The van der Waals surface area contributed by atoms with E-state index in [2.05, 4.69) is 35.5 Å². The number of thiazole rings is 1. The summed E-state index contributed by atoms with van der Waals surface area (Å²) in [7, 11) is 0. The quantitative estimate of drug-likeness (QED) is 0.595. The summed E-state index contributed by atoms with van der Waals surface area (Å²) >= 11 is 1.46. The number of aromatic nitrogens is 7. The molecular formula is C11H7N7OS. The first-order chi connectivity index (χ1) is 9.90. The highest BCUT2D eigenvalue weighted by atomic mass is 32.1. The van der Waals surface area contributed by atoms with Crippen LogP contribution in [0.5, 0.6) is 0 Å². The number of hydrogen-bond acceptors (Lipinski definition) is 7. The highest BCUT2D eigenvalue weighted by Gasteiger charge is 2.14. The standard InChI is InChI=1S/C11H7N7OS/c1-2-13-16-6(1)9-3-7(18-19-9)8-4-20-11(15-8)10-12-5-14-17-10/h1-5H,(H,13,16)(H,12,14,17). The lowest BCUT2D eigenvalue weighted by atomic mass is 10.2. The van der Waals surface area contributed by atoms with Crippen molar-refractivity contribution in [1.29, 1.82) is 0 Å². The molecule has 0 atom stereocenters. The summed E-state index contributed by atoms with van der Waals surface area (Å²) < 4.78 is 5.27. The number of nitrogens with zero attached hydrogens (tertiary/aromatic N) is 5. The van der Waals surface area contributed by atoms with Crippen molar-refractivity contribution in [2.75, 3.05) is 0 Å². The zero-order valence-corrected chi connectivity index (χ0v) is 10.8. The highest BCUT2D eigenvalue weighted by Crippen LogP contribution is 2.28. The van der Waals surface area contributed by atoms with Gasteiger partial charge in [-0.15, -0.1) is 11.3 Å². The minimum atomic E-state index is 0.617. The summed E-state index contributed by atoms with van der Waals surface area (Å²) in [6.45, 7) is 0. The lowest BCUT2D eigenvalue weighted by Gasteiger charge is -1.86. The molecule has 2 N–H and O–H groups in total. The van der Waals surface area contributed by atoms with Gasteiger partial charge >= 0.3 is 0 Å². The molecule has 0 saturated heterocycles. The zero-order valence-electron chi connectivity index (χ0n) is 9.94. The fraction of sp³-hybridized carbons (Fsp3) is 0. The molecule has 98 valence electrons. The van der Waals surface area contributed by atoms with E-state index in [-0.39, 0.29) is 0 Å². The summed E-state index contributed by atoms with van der Waals surface area (Å²) in [5.41, 5.74) is 2.17. The SMILES string of the molecule is c1cc(-c2cc(-c3csc(-c4ncn[nH]4)n3)no2)[nH]n1. The van der Waals surface area contributed by atoms with Gasteiger partial charge in [0.1, 0.15) is 23.4 Å². The molecule has 4 aromatic heterocycles. The molecule has 0 aliphatic heterocycles. The van der Waals surface area contributed by atoms with Crippen molar-refractivity contribution >= 4 is 11.3 Å². The molecule has 0 saturated carbocycles. The highest BCUT2D eigenvalue weighted by molar-refractivity contribution is 7.13. The Morgan fingerprint density at radius 2 is 2.15 bits per heavy atom. The van der Waals surface area contributed by atoms with Crippen LogP contribution in [0.3, 0.4) is 0 Å². The first-order valence-corrected chi connectivity index (χ1v) is 6.56. The Labute approximate surface area is 115 Å². The summed E-state index contributed by atoms with van der Waals surface area (Å²) in [5.74, 6) is 1.25. The normalized spacial score (nSPS) is 11.0. The topological polar surface area (TPSA) is 109 Å². The Morgan fingerprint density at radius 1 is 1.15 bits per heavy atom. The van der Waals surface area contributed by atoms with Crippen LogP contribution in [-0.2, 0) is 0 Å². The third kappa shape index (κ3) is 1.80. The van der Waals surface area contributed by atoms with Crippen molar-refractivity contribution < 1.29 is 4.52 Å². The monoisotopic (exact) mass is 285 g/mol. The number of nitrogens with one attached hydrogen (secondary N) is 2. The van der Waals surface area contributed by atoms with Crippen LogP contribution < -0.4 is 0 Å². The molecular weight excluding hydrogens is 278 g/mol. The molecule has 0 spiro atoms. The Balaban J connectivity index is 1.68. The smallest absolute Gasteiger partial charge is 0.185 e. The van der Waals surface area contributed by atoms with E-state index in [4.69, 9.17) is 4.52 Å². The van der Waals surface area contributed by atoms with Crippen LogP contribution in [0.1, 0.15) is 0 Å². The van der Waals surface area contributed by atoms with Crippen molar-refractivity contribution in [1.82, 2.24) is 35.5 Å². The molecule has 4 heterocycles. The molecule has 20 heavy (non-hydrogen) atoms. The van der Waals surface area contributed by atoms with Crippen molar-refractivity contribution in [3.8, 4) is 33.7 Å². The average Bonchev–Trinajstić information content (AvgIpc) is 3.22. The molecule has 0 amide bonds. The van der Waals surface area contributed by atoms with Crippen LogP contribution in [0, 0.1) is 0 Å². The van der Waals surface area contributed by atoms with Crippen molar-refractivity contribution in [3.05, 3.63) is 30.0 Å². The second-order valence-corrected chi connectivity index (χ2v) is 4.78. The van der Waals surface area contributed by atoms with E-state index < -0.39 is 0 Å². The average molecular weight is 285 g/mol. The van der Waals surface area contributed by atoms with E-state index in [0.717, 1.165) is 16.4 Å². The Bertz CT molecular complexity index is 744. The number of rotatable bonds is 3. The maximum atomic E-state index is 5.27. The molecule has 9 heteroatoms. The van der Waals surface area contributed by atoms with Gasteiger partial charge in [0.2, 0.25) is 0 Å². The van der Waals surface area contributed by atoms with E-state index in [1.807, 2.05) is 17.5 Å². The van der Waals surface area contributed by atoms with Gasteiger partial charge in [0.05, 0.1) is 0 Å². The van der Waals surface area contributed by atoms with Gasteiger partial charge in [-0.3, -0.25) is 10.2 Å². The molecule has 0 bridgehead atoms. The molecule has 0 unspecified atom stereocenters. The van der Waals surface area contributed by atoms with Gasteiger partial charge in [0, 0.05) is 17.6 Å². The van der Waals surface area contributed by atoms with Gasteiger partial charge < -0.3 is 4.52 Å². The van der Waals surface area contributed by atoms with Gasteiger partial charge in [-0.1, -0.05) is 5.16 Å². The molecule has 0 aliphatic rings. The van der Waals surface area contributed by atoms with E-state index in [9.17, 15) is 0 Å². The van der Waals surface area contributed by atoms with Crippen LogP contribution in [0.15, 0.2) is 34.6 Å². The Kier molecular flexibility index (Phi) is 2.42. The second kappa shape index (κ2) is 4.38. The molecule has 0 radical (unpaired) electrons. The van der Waals surface area contributed by atoms with Crippen LogP contribution >= 0.6 is 11.3 Å². The number of hydrogen-bond donors (Lipinski definition) is 2. The third-order valence-electron chi connectivity index (χ3n) is 2.66. The molecule has 0 aromatic carbocycles. The molecule has 4 rings (SSSR count). The zero-order chi connectivity index (χ0) is 13.4. The predicted molar refractivity (Wildman–Crippen MR) is 70.6 cm³/mol. The largest absolute Gasteiger partial charge is 0.354 e. The van der Waals surface area contributed by atoms with Crippen LogP contribution in [0.4, 0.5) is 0 Å². The molecule has 0 fully saturated rings. The van der Waals surface area contributed by atoms with E-state index in [1.54, 1.807) is 6.20 Å². The summed E-state index contributed by atoms with van der Waals surface area (Å²) in [6.07, 6.45) is 3.10. The summed E-state index contributed by atoms with van der Waals surface area (Å²) in [5, 5.41) is 19.9. The second-order valence-electron chi connectivity index (χ2n) is 3.92. The third-order valence-corrected chi connectivity index (χ3v) is 3.51. The van der Waals surface area contributed by atoms with E-state index >= 15 is 0 Å². The Hall–Kier alpha value is -2.81. The van der Waals surface area contributed by atoms with Crippen molar-refractivity contribution in [2.45, 2.75) is 0 Å². The van der Waals surface area contributed by atoms with E-state index in [1.165, 1.54) is 17.7 Å². The first-order valence-electron chi connectivity index (χ1n) is 5.68. The maximum Gasteiger partial charge on any atom is 0.185 e. The van der Waals surface area contributed by atoms with Crippen molar-refractivity contribution in [2.24, 2.45) is 0 Å². The molecule has 4 aromatic rings. The van der Waals surface area contributed by atoms with Gasteiger partial charge in [0.25, 0.3) is 0 Å². The number of H-pyrrole nitrogens is 2. The maximum absolute atomic E-state index is 5.27. The van der Waals surface area contributed by atoms with Crippen LogP contribution in [0.2, 0.25) is 0 Å². The van der Waals surface area contributed by atoms with Gasteiger partial charge in [-0.25, -0.2) is 9.97 Å². The van der Waals surface area contributed by atoms with Gasteiger partial charge in [-0.2, -0.15) is 10.2 Å². The van der Waals surface area contributed by atoms with Gasteiger partial charge in [0.15, 0.2) is 16.6 Å². The fourth-order valence-corrected chi connectivity index (χ4v) is 2.48. The number of aromatic amines is 2. The Morgan fingerprint density at radius 3 is 2.95 bits per heavy atom. The first kappa shape index (κ1) is 11.1. The molecule has 8 nitrogen and oxygen atoms in total. The lowest BCUT2D eigenvalue weighted by Crippen LogP contribution is -1.81. The lowest BCUT2D eigenvalue weighted by molar-refractivity contribution is 0.433. The fourth-order valence-electron chi connectivity index (χ4n) is 1.72. The van der Waals surface area contributed by atoms with Crippen molar-refractivity contribution in [3.63, 3.8) is 0 Å². The minimum absolute atomic E-state index is 0.617. The molecule has 0 aliphatic carbocycles. The summed E-state index contributed by atoms with van der Waals surface area (Å²) in [4.78, 5) is 8.52. The minimum Gasteiger partial charge on any atom is -0.354 e. The van der Waals surface area contributed by atoms with Crippen LogP contribution in [0.25, 0.3) is 33.7 Å². The van der Waals surface area contributed by atoms with Gasteiger partial charge in [-0.05, 0) is 6.07 Å². The van der Waals surface area contributed by atoms with E-state index in [0.29, 0.717) is 17.3 Å².